The SMILES string of the molecule is C=C(C)C(=O)NCCCC(=O)OC1C2CC3C1OC(=O)C3(C)C2. The Balaban J connectivity index is 1.44. The van der Waals surface area contributed by atoms with Crippen LogP contribution in [0.4, 0.5) is 0 Å². The van der Waals surface area contributed by atoms with Crippen molar-refractivity contribution < 1.29 is 23.9 Å². The lowest BCUT2D eigenvalue weighted by atomic mass is 9.75. The highest BCUT2D eigenvalue weighted by atomic mass is 16.6. The van der Waals surface area contributed by atoms with Gasteiger partial charge in [0, 0.05) is 30.4 Å². The van der Waals surface area contributed by atoms with Crippen molar-refractivity contribution in [1.82, 2.24) is 5.32 Å². The number of fused-ring (bicyclic) bond motifs is 1. The average molecular weight is 321 g/mol. The summed E-state index contributed by atoms with van der Waals surface area (Å²) in [5.74, 6) is -0.224. The van der Waals surface area contributed by atoms with E-state index in [1.807, 2.05) is 6.92 Å². The van der Waals surface area contributed by atoms with E-state index in [0.717, 1.165) is 12.8 Å². The van der Waals surface area contributed by atoms with Crippen LogP contribution in [0, 0.1) is 17.3 Å². The van der Waals surface area contributed by atoms with Crippen LogP contribution in [0.2, 0.25) is 0 Å². The van der Waals surface area contributed by atoms with Crippen molar-refractivity contribution in [2.24, 2.45) is 17.3 Å². The highest BCUT2D eigenvalue weighted by molar-refractivity contribution is 5.92. The maximum absolute atomic E-state index is 12.0. The van der Waals surface area contributed by atoms with E-state index in [9.17, 15) is 14.4 Å². The van der Waals surface area contributed by atoms with Crippen LogP contribution in [0.3, 0.4) is 0 Å². The van der Waals surface area contributed by atoms with Gasteiger partial charge in [0.05, 0.1) is 5.41 Å². The number of carbonyl (C=O) groups excluding carboxylic acids is 3. The molecule has 2 bridgehead atoms. The zero-order chi connectivity index (χ0) is 16.8. The van der Waals surface area contributed by atoms with Gasteiger partial charge in [-0.3, -0.25) is 14.4 Å². The molecule has 1 N–H and O–H groups in total. The van der Waals surface area contributed by atoms with Crippen LogP contribution in [0.25, 0.3) is 0 Å². The molecule has 0 aromatic rings. The second-order valence-electron chi connectivity index (χ2n) is 7.19. The molecule has 126 valence electrons. The summed E-state index contributed by atoms with van der Waals surface area (Å²) in [6, 6.07) is 0. The van der Waals surface area contributed by atoms with E-state index in [1.54, 1.807) is 6.92 Å². The van der Waals surface area contributed by atoms with E-state index in [4.69, 9.17) is 9.47 Å². The van der Waals surface area contributed by atoms with E-state index < -0.39 is 0 Å². The predicted octanol–water partition coefficient (Wildman–Crippen LogP) is 1.34. The summed E-state index contributed by atoms with van der Waals surface area (Å²) in [4.78, 5) is 35.3. The largest absolute Gasteiger partial charge is 0.458 e. The summed E-state index contributed by atoms with van der Waals surface area (Å²) in [5.41, 5.74) is 0.0751. The molecular weight excluding hydrogens is 298 g/mol. The molecule has 3 fully saturated rings. The molecule has 6 nitrogen and oxygen atoms in total. The molecule has 1 amide bonds. The first-order valence-corrected chi connectivity index (χ1v) is 8.17. The van der Waals surface area contributed by atoms with Crippen LogP contribution in [-0.4, -0.2) is 36.6 Å². The zero-order valence-corrected chi connectivity index (χ0v) is 13.6. The van der Waals surface area contributed by atoms with Crippen molar-refractivity contribution in [3.05, 3.63) is 12.2 Å². The quantitative estimate of drug-likeness (QED) is 0.453. The van der Waals surface area contributed by atoms with Gasteiger partial charge in [-0.1, -0.05) is 6.58 Å². The fourth-order valence-electron chi connectivity index (χ4n) is 4.21. The van der Waals surface area contributed by atoms with Crippen LogP contribution >= 0.6 is 0 Å². The number of rotatable bonds is 6. The highest BCUT2D eigenvalue weighted by Gasteiger charge is 2.69. The smallest absolute Gasteiger partial charge is 0.312 e. The molecule has 2 aliphatic carbocycles. The normalized spacial score (nSPS) is 36.7. The zero-order valence-electron chi connectivity index (χ0n) is 13.6. The lowest BCUT2D eigenvalue weighted by Crippen LogP contribution is -2.39. The minimum absolute atomic E-state index is 0.143. The molecule has 5 unspecified atom stereocenters. The molecule has 1 aliphatic heterocycles. The van der Waals surface area contributed by atoms with Gasteiger partial charge in [0.1, 0.15) is 12.2 Å². The van der Waals surface area contributed by atoms with Gasteiger partial charge in [-0.2, -0.15) is 0 Å². The molecule has 3 aliphatic rings. The van der Waals surface area contributed by atoms with Crippen LogP contribution in [0.15, 0.2) is 12.2 Å². The van der Waals surface area contributed by atoms with Crippen LogP contribution in [-0.2, 0) is 23.9 Å². The van der Waals surface area contributed by atoms with Crippen molar-refractivity contribution in [1.29, 1.82) is 0 Å². The second-order valence-corrected chi connectivity index (χ2v) is 7.19. The Kier molecular flexibility index (Phi) is 3.94. The predicted molar refractivity (Wildman–Crippen MR) is 81.1 cm³/mol. The number of carbonyl (C=O) groups is 3. The number of hydrogen-bond donors (Lipinski definition) is 1. The fraction of sp³-hybridized carbons (Fsp3) is 0.706. The Hall–Kier alpha value is -1.85. The minimum atomic E-state index is -0.370. The summed E-state index contributed by atoms with van der Waals surface area (Å²) < 4.78 is 11.0. The number of esters is 2. The lowest BCUT2D eigenvalue weighted by molar-refractivity contribution is -0.161. The fourth-order valence-corrected chi connectivity index (χ4v) is 4.21. The van der Waals surface area contributed by atoms with Gasteiger partial charge < -0.3 is 14.8 Å². The molecule has 23 heavy (non-hydrogen) atoms. The molecule has 5 atom stereocenters. The van der Waals surface area contributed by atoms with Crippen molar-refractivity contribution in [3.63, 3.8) is 0 Å². The first kappa shape index (κ1) is 16.0. The topological polar surface area (TPSA) is 81.7 Å². The van der Waals surface area contributed by atoms with E-state index in [2.05, 4.69) is 11.9 Å². The number of amides is 1. The molecule has 1 heterocycles. The first-order chi connectivity index (χ1) is 10.8. The van der Waals surface area contributed by atoms with Crippen LogP contribution in [0.5, 0.6) is 0 Å². The summed E-state index contributed by atoms with van der Waals surface area (Å²) in [6.45, 7) is 7.55. The van der Waals surface area contributed by atoms with E-state index in [-0.39, 0.29) is 53.7 Å². The molecule has 3 rings (SSSR count). The van der Waals surface area contributed by atoms with E-state index in [0.29, 0.717) is 18.5 Å². The third-order valence-corrected chi connectivity index (χ3v) is 5.45. The second kappa shape index (κ2) is 5.65. The third-order valence-electron chi connectivity index (χ3n) is 5.45. The van der Waals surface area contributed by atoms with Gasteiger partial charge in [-0.05, 0) is 33.1 Å². The number of ether oxygens (including phenoxy) is 2. The molecule has 0 aromatic heterocycles. The molecular formula is C17H23NO5. The highest BCUT2D eigenvalue weighted by Crippen LogP contribution is 2.62. The number of hydrogen-bond acceptors (Lipinski definition) is 5. The van der Waals surface area contributed by atoms with E-state index in [1.165, 1.54) is 0 Å². The number of nitrogens with one attached hydrogen (secondary N) is 1. The molecule has 2 saturated carbocycles. The average Bonchev–Trinajstić information content (AvgIpc) is 3.04. The molecule has 6 heteroatoms. The summed E-state index contributed by atoms with van der Waals surface area (Å²) in [5, 5.41) is 2.68. The van der Waals surface area contributed by atoms with Crippen molar-refractivity contribution in [2.45, 2.75) is 51.7 Å². The minimum Gasteiger partial charge on any atom is -0.458 e. The standard InChI is InChI=1S/C17H23NO5/c1-9(2)15(20)18-6-4-5-12(19)22-13-10-7-11-14(13)23-16(21)17(11,3)8-10/h10-11,13-14H,1,4-8H2,2-3H3,(H,18,20). The van der Waals surface area contributed by atoms with Gasteiger partial charge in [0.2, 0.25) is 5.91 Å². The van der Waals surface area contributed by atoms with Gasteiger partial charge >= 0.3 is 11.9 Å². The summed E-state index contributed by atoms with van der Waals surface area (Å²) >= 11 is 0. The Morgan fingerprint density at radius 1 is 1.48 bits per heavy atom. The lowest BCUT2D eigenvalue weighted by Gasteiger charge is -2.29. The molecule has 0 aromatic carbocycles. The van der Waals surface area contributed by atoms with Crippen molar-refractivity contribution in [2.75, 3.05) is 6.54 Å². The maximum Gasteiger partial charge on any atom is 0.312 e. The monoisotopic (exact) mass is 321 g/mol. The van der Waals surface area contributed by atoms with E-state index >= 15 is 0 Å². The van der Waals surface area contributed by atoms with Crippen molar-refractivity contribution in [3.8, 4) is 0 Å². The summed E-state index contributed by atoms with van der Waals surface area (Å²) in [6.07, 6.45) is 1.85. The Morgan fingerprint density at radius 2 is 2.22 bits per heavy atom. The Bertz CT molecular complexity index is 571. The molecule has 1 saturated heterocycles. The molecule has 0 spiro atoms. The van der Waals surface area contributed by atoms with Crippen LogP contribution in [0.1, 0.15) is 39.5 Å². The van der Waals surface area contributed by atoms with Crippen molar-refractivity contribution >= 4 is 17.8 Å². The van der Waals surface area contributed by atoms with Gasteiger partial charge in [-0.25, -0.2) is 0 Å². The Labute approximate surface area is 135 Å². The Morgan fingerprint density at radius 3 is 2.91 bits per heavy atom. The molecule has 0 radical (unpaired) electrons. The van der Waals surface area contributed by atoms with Crippen LogP contribution < -0.4 is 5.32 Å². The maximum atomic E-state index is 12.0. The summed E-state index contributed by atoms with van der Waals surface area (Å²) in [7, 11) is 0. The third kappa shape index (κ3) is 2.64. The first-order valence-electron chi connectivity index (χ1n) is 8.17. The van der Waals surface area contributed by atoms with Gasteiger partial charge in [0.25, 0.3) is 0 Å². The van der Waals surface area contributed by atoms with Gasteiger partial charge in [0.15, 0.2) is 0 Å². The van der Waals surface area contributed by atoms with Gasteiger partial charge in [-0.15, -0.1) is 0 Å².